The minimum absolute atomic E-state index is 0. The number of nitrogens with one attached hydrogen (secondary N) is 2. The second-order valence-electron chi connectivity index (χ2n) is 6.13. The van der Waals surface area contributed by atoms with Gasteiger partial charge in [-0.2, -0.15) is 0 Å². The smallest absolute Gasteiger partial charge is 0.191 e. The van der Waals surface area contributed by atoms with Gasteiger partial charge < -0.3 is 15.2 Å². The summed E-state index contributed by atoms with van der Waals surface area (Å²) < 4.78 is 25.3. The molecule has 0 aliphatic rings. The van der Waals surface area contributed by atoms with E-state index in [-0.39, 0.29) is 24.0 Å². The summed E-state index contributed by atoms with van der Waals surface area (Å²) in [5, 5.41) is 14.1. The fraction of sp³-hybridized carbons (Fsp3) is 0.471. The van der Waals surface area contributed by atoms with Crippen molar-refractivity contribution in [1.29, 1.82) is 0 Å². The van der Waals surface area contributed by atoms with Gasteiger partial charge in [-0.3, -0.25) is 4.99 Å². The van der Waals surface area contributed by atoms with Gasteiger partial charge in [-0.05, 0) is 37.0 Å². The van der Waals surface area contributed by atoms with Gasteiger partial charge in [-0.1, -0.05) is 12.1 Å². The highest BCUT2D eigenvalue weighted by Crippen LogP contribution is 2.16. The SMILES string of the molecule is CN=C(NCCCCn1cnnc1)NCc1ccc(S(C)(=O)=O)c(C)c1.I. The first-order valence-corrected chi connectivity index (χ1v) is 10.4. The van der Waals surface area contributed by atoms with Crippen LogP contribution in [0.2, 0.25) is 0 Å². The van der Waals surface area contributed by atoms with Gasteiger partial charge in [0.1, 0.15) is 12.7 Å². The van der Waals surface area contributed by atoms with Crippen molar-refractivity contribution in [2.75, 3.05) is 19.8 Å². The Hall–Kier alpha value is -1.69. The van der Waals surface area contributed by atoms with E-state index in [0.29, 0.717) is 11.4 Å². The molecule has 0 unspecified atom stereocenters. The van der Waals surface area contributed by atoms with Crippen LogP contribution in [0.15, 0.2) is 40.7 Å². The highest BCUT2D eigenvalue weighted by Gasteiger charge is 2.10. The molecule has 27 heavy (non-hydrogen) atoms. The lowest BCUT2D eigenvalue weighted by atomic mass is 10.1. The first-order chi connectivity index (χ1) is 12.4. The topological polar surface area (TPSA) is 101 Å². The second kappa shape index (κ2) is 11.2. The number of rotatable bonds is 8. The van der Waals surface area contributed by atoms with Crippen LogP contribution in [0.3, 0.4) is 0 Å². The first kappa shape index (κ1) is 23.3. The molecular formula is C17H27IN6O2S. The summed E-state index contributed by atoms with van der Waals surface area (Å²) in [7, 11) is -1.46. The van der Waals surface area contributed by atoms with Crippen molar-refractivity contribution in [2.24, 2.45) is 4.99 Å². The maximum Gasteiger partial charge on any atom is 0.191 e. The molecule has 0 bridgehead atoms. The summed E-state index contributed by atoms with van der Waals surface area (Å²) >= 11 is 0. The van der Waals surface area contributed by atoms with Crippen LogP contribution < -0.4 is 10.6 Å². The van der Waals surface area contributed by atoms with Crippen LogP contribution in [0.25, 0.3) is 0 Å². The van der Waals surface area contributed by atoms with Gasteiger partial charge >= 0.3 is 0 Å². The number of benzene rings is 1. The van der Waals surface area contributed by atoms with Crippen LogP contribution in [0, 0.1) is 6.92 Å². The maximum absolute atomic E-state index is 11.7. The Bertz CT molecular complexity index is 837. The maximum atomic E-state index is 11.7. The molecule has 10 heteroatoms. The highest BCUT2D eigenvalue weighted by molar-refractivity contribution is 14.0. The Morgan fingerprint density at radius 2 is 1.89 bits per heavy atom. The molecule has 0 saturated heterocycles. The van der Waals surface area contributed by atoms with Crippen LogP contribution >= 0.6 is 24.0 Å². The summed E-state index contributed by atoms with van der Waals surface area (Å²) in [6, 6.07) is 5.36. The van der Waals surface area contributed by atoms with Crippen LogP contribution in [0.4, 0.5) is 0 Å². The van der Waals surface area contributed by atoms with E-state index in [1.165, 1.54) is 6.26 Å². The lowest BCUT2D eigenvalue weighted by Gasteiger charge is -2.13. The van der Waals surface area contributed by atoms with Gasteiger partial charge in [-0.15, -0.1) is 34.2 Å². The van der Waals surface area contributed by atoms with Crippen LogP contribution in [0.5, 0.6) is 0 Å². The number of guanidine groups is 1. The summed E-state index contributed by atoms with van der Waals surface area (Å²) in [5.74, 6) is 0.721. The number of hydrogen-bond donors (Lipinski definition) is 2. The molecule has 150 valence electrons. The minimum Gasteiger partial charge on any atom is -0.356 e. The van der Waals surface area contributed by atoms with E-state index >= 15 is 0 Å². The molecule has 0 fully saturated rings. The highest BCUT2D eigenvalue weighted by atomic mass is 127. The van der Waals surface area contributed by atoms with Gasteiger partial charge in [0.05, 0.1) is 4.90 Å². The van der Waals surface area contributed by atoms with Crippen molar-refractivity contribution < 1.29 is 8.42 Å². The van der Waals surface area contributed by atoms with Gasteiger partial charge in [0.15, 0.2) is 15.8 Å². The third-order valence-electron chi connectivity index (χ3n) is 3.92. The summed E-state index contributed by atoms with van der Waals surface area (Å²) in [5.41, 5.74) is 1.76. The molecule has 8 nitrogen and oxygen atoms in total. The summed E-state index contributed by atoms with van der Waals surface area (Å²) in [4.78, 5) is 4.58. The monoisotopic (exact) mass is 506 g/mol. The molecule has 0 atom stereocenters. The predicted molar refractivity (Wildman–Crippen MR) is 117 cm³/mol. The fourth-order valence-electron chi connectivity index (χ4n) is 2.61. The van der Waals surface area contributed by atoms with Crippen LogP contribution in [-0.4, -0.2) is 49.0 Å². The Kier molecular flexibility index (Phi) is 9.70. The third-order valence-corrected chi connectivity index (χ3v) is 5.18. The zero-order valence-corrected chi connectivity index (χ0v) is 19.0. The number of unbranched alkanes of at least 4 members (excludes halogenated alkanes) is 1. The molecular weight excluding hydrogens is 479 g/mol. The Labute approximate surface area is 177 Å². The average Bonchev–Trinajstić information content (AvgIpc) is 3.09. The average molecular weight is 506 g/mol. The molecule has 2 N–H and O–H groups in total. The number of halogens is 1. The van der Waals surface area contributed by atoms with Gasteiger partial charge in [-0.25, -0.2) is 8.42 Å². The molecule has 0 radical (unpaired) electrons. The van der Waals surface area contributed by atoms with Crippen LogP contribution in [0.1, 0.15) is 24.0 Å². The predicted octanol–water partition coefficient (Wildman–Crippen LogP) is 1.75. The molecule has 1 aromatic carbocycles. The zero-order chi connectivity index (χ0) is 19.0. The van der Waals surface area contributed by atoms with E-state index in [1.54, 1.807) is 25.8 Å². The quantitative estimate of drug-likeness (QED) is 0.245. The van der Waals surface area contributed by atoms with Gasteiger partial charge in [0, 0.05) is 32.9 Å². The molecule has 1 heterocycles. The van der Waals surface area contributed by atoms with Crippen molar-refractivity contribution >= 4 is 39.8 Å². The Morgan fingerprint density at radius 3 is 2.48 bits per heavy atom. The molecule has 0 spiro atoms. The number of aromatic nitrogens is 3. The van der Waals surface area contributed by atoms with E-state index in [4.69, 9.17) is 0 Å². The molecule has 0 aliphatic carbocycles. The third kappa shape index (κ3) is 7.83. The van der Waals surface area contributed by atoms with E-state index in [2.05, 4.69) is 25.8 Å². The molecule has 2 rings (SSSR count). The lowest BCUT2D eigenvalue weighted by molar-refractivity contribution is 0.597. The molecule has 2 aromatic rings. The normalized spacial score (nSPS) is 11.7. The van der Waals surface area contributed by atoms with E-state index in [1.807, 2.05) is 23.6 Å². The largest absolute Gasteiger partial charge is 0.356 e. The van der Waals surface area contributed by atoms with E-state index in [9.17, 15) is 8.42 Å². The Balaban J connectivity index is 0.00000364. The fourth-order valence-corrected chi connectivity index (χ4v) is 3.57. The van der Waals surface area contributed by atoms with Crippen LogP contribution in [-0.2, 0) is 22.9 Å². The number of hydrogen-bond acceptors (Lipinski definition) is 5. The van der Waals surface area contributed by atoms with Crippen molar-refractivity contribution in [3.63, 3.8) is 0 Å². The first-order valence-electron chi connectivity index (χ1n) is 8.46. The summed E-state index contributed by atoms with van der Waals surface area (Å²) in [6.07, 6.45) is 6.67. The molecule has 1 aromatic heterocycles. The van der Waals surface area contributed by atoms with Gasteiger partial charge in [0.25, 0.3) is 0 Å². The zero-order valence-electron chi connectivity index (χ0n) is 15.8. The summed E-state index contributed by atoms with van der Waals surface area (Å²) in [6.45, 7) is 4.09. The van der Waals surface area contributed by atoms with Crippen molar-refractivity contribution in [2.45, 2.75) is 37.8 Å². The molecule has 0 amide bonds. The van der Waals surface area contributed by atoms with Gasteiger partial charge in [0.2, 0.25) is 0 Å². The van der Waals surface area contributed by atoms with Crippen molar-refractivity contribution in [3.8, 4) is 0 Å². The Morgan fingerprint density at radius 1 is 1.19 bits per heavy atom. The number of aryl methyl sites for hydroxylation is 2. The molecule has 0 saturated carbocycles. The van der Waals surface area contributed by atoms with Crippen molar-refractivity contribution in [1.82, 2.24) is 25.4 Å². The lowest BCUT2D eigenvalue weighted by Crippen LogP contribution is -2.37. The second-order valence-corrected chi connectivity index (χ2v) is 8.12. The minimum atomic E-state index is -3.19. The van der Waals surface area contributed by atoms with E-state index in [0.717, 1.165) is 43.0 Å². The number of nitrogens with zero attached hydrogens (tertiary/aromatic N) is 4. The number of sulfone groups is 1. The van der Waals surface area contributed by atoms with E-state index < -0.39 is 9.84 Å². The number of aliphatic imine (C=N–C) groups is 1. The standard InChI is InChI=1S/C17H26N6O2S.HI/c1-14-10-15(6-7-16(14)26(3,24)25)11-20-17(18-2)19-8-4-5-9-23-12-21-22-13-23;/h6-7,10,12-13H,4-5,8-9,11H2,1-3H3,(H2,18,19,20);1H. The van der Waals surface area contributed by atoms with Crippen molar-refractivity contribution in [3.05, 3.63) is 42.0 Å². The molecule has 0 aliphatic heterocycles.